The topological polar surface area (TPSA) is 68.9 Å². The van der Waals surface area contributed by atoms with Gasteiger partial charge in [0.1, 0.15) is 0 Å². The molecule has 0 fully saturated rings. The minimum absolute atomic E-state index is 0.276. The molecule has 0 aliphatic carbocycles. The lowest BCUT2D eigenvalue weighted by Crippen LogP contribution is -2.07. The minimum Gasteiger partial charge on any atom is -0.375 e. The zero-order valence-corrected chi connectivity index (χ0v) is 11.8. The van der Waals surface area contributed by atoms with E-state index < -0.39 is 0 Å². The predicted octanol–water partition coefficient (Wildman–Crippen LogP) is 2.86. The Morgan fingerprint density at radius 2 is 2.11 bits per heavy atom. The number of aromatic nitrogens is 2. The zero-order valence-electron chi connectivity index (χ0n) is 9.40. The Kier molecular flexibility index (Phi) is 2.57. The summed E-state index contributed by atoms with van der Waals surface area (Å²) in [4.78, 5) is 19.8. The first-order valence-corrected chi connectivity index (χ1v) is 6.82. The SMILES string of the molecule is Cc1cc(Br)c2ncc3c(=O)nc(N)sc3c2c1. The van der Waals surface area contributed by atoms with Crippen LogP contribution in [0.1, 0.15) is 5.56 Å². The van der Waals surface area contributed by atoms with Crippen LogP contribution in [-0.2, 0) is 0 Å². The first-order chi connectivity index (χ1) is 8.56. The molecule has 0 saturated heterocycles. The Balaban J connectivity index is 2.64. The fraction of sp³-hybridized carbons (Fsp3) is 0.0833. The third-order valence-electron chi connectivity index (χ3n) is 2.67. The maximum atomic E-state index is 11.8. The summed E-state index contributed by atoms with van der Waals surface area (Å²) < 4.78 is 1.75. The lowest BCUT2D eigenvalue weighted by Gasteiger charge is -2.05. The minimum atomic E-state index is -0.326. The molecule has 0 radical (unpaired) electrons. The molecule has 2 heterocycles. The van der Waals surface area contributed by atoms with Crippen LogP contribution >= 0.6 is 27.3 Å². The number of fused-ring (bicyclic) bond motifs is 3. The van der Waals surface area contributed by atoms with E-state index in [1.807, 2.05) is 19.1 Å². The highest BCUT2D eigenvalue weighted by molar-refractivity contribution is 9.10. The van der Waals surface area contributed by atoms with Crippen LogP contribution in [0.2, 0.25) is 0 Å². The van der Waals surface area contributed by atoms with Gasteiger partial charge in [-0.1, -0.05) is 11.3 Å². The van der Waals surface area contributed by atoms with Gasteiger partial charge in [-0.2, -0.15) is 4.98 Å². The van der Waals surface area contributed by atoms with Gasteiger partial charge in [-0.15, -0.1) is 0 Å². The Labute approximate surface area is 115 Å². The highest BCUT2D eigenvalue weighted by Gasteiger charge is 2.10. The number of pyridine rings is 1. The number of nitrogen functional groups attached to an aromatic ring is 1. The van der Waals surface area contributed by atoms with Gasteiger partial charge in [-0.3, -0.25) is 9.78 Å². The number of benzene rings is 1. The van der Waals surface area contributed by atoms with Crippen molar-refractivity contribution in [1.29, 1.82) is 0 Å². The highest BCUT2D eigenvalue weighted by atomic mass is 79.9. The Hall–Kier alpha value is -1.53. The quantitative estimate of drug-likeness (QED) is 0.646. The van der Waals surface area contributed by atoms with Crippen LogP contribution in [0.4, 0.5) is 5.13 Å². The van der Waals surface area contributed by atoms with Gasteiger partial charge in [0.2, 0.25) is 0 Å². The van der Waals surface area contributed by atoms with Crippen LogP contribution in [0.25, 0.3) is 21.0 Å². The second-order valence-corrected chi connectivity index (χ2v) is 5.89. The number of hydrogen-bond acceptors (Lipinski definition) is 5. The fourth-order valence-electron chi connectivity index (χ4n) is 1.92. The van der Waals surface area contributed by atoms with Gasteiger partial charge in [0, 0.05) is 16.1 Å². The zero-order chi connectivity index (χ0) is 12.9. The van der Waals surface area contributed by atoms with E-state index in [0.29, 0.717) is 5.39 Å². The first kappa shape index (κ1) is 11.6. The Morgan fingerprint density at radius 1 is 1.33 bits per heavy atom. The highest BCUT2D eigenvalue weighted by Crippen LogP contribution is 2.31. The normalized spacial score (nSPS) is 11.2. The van der Waals surface area contributed by atoms with E-state index in [2.05, 4.69) is 25.9 Å². The molecule has 3 aromatic rings. The van der Waals surface area contributed by atoms with Gasteiger partial charge in [0.05, 0.1) is 15.6 Å². The summed E-state index contributed by atoms with van der Waals surface area (Å²) in [6, 6.07) is 4.00. The Morgan fingerprint density at radius 3 is 2.89 bits per heavy atom. The largest absolute Gasteiger partial charge is 0.375 e. The van der Waals surface area contributed by atoms with Gasteiger partial charge >= 0.3 is 0 Å². The van der Waals surface area contributed by atoms with Gasteiger partial charge in [-0.25, -0.2) is 0 Å². The summed E-state index contributed by atoms with van der Waals surface area (Å²) in [6.07, 6.45) is 1.56. The summed E-state index contributed by atoms with van der Waals surface area (Å²) in [7, 11) is 0. The van der Waals surface area contributed by atoms with E-state index in [9.17, 15) is 4.79 Å². The van der Waals surface area contributed by atoms with Crippen molar-refractivity contribution in [3.8, 4) is 0 Å². The van der Waals surface area contributed by atoms with Crippen molar-refractivity contribution in [1.82, 2.24) is 9.97 Å². The number of nitrogens with zero attached hydrogens (tertiary/aromatic N) is 2. The van der Waals surface area contributed by atoms with Crippen LogP contribution < -0.4 is 11.3 Å². The van der Waals surface area contributed by atoms with Crippen LogP contribution in [-0.4, -0.2) is 9.97 Å². The number of aryl methyl sites for hydroxylation is 1. The van der Waals surface area contributed by atoms with Crippen molar-refractivity contribution in [3.05, 3.63) is 38.7 Å². The number of hydrogen-bond donors (Lipinski definition) is 1. The average molecular weight is 322 g/mol. The van der Waals surface area contributed by atoms with Crippen molar-refractivity contribution in [2.75, 3.05) is 5.73 Å². The molecule has 0 amide bonds. The first-order valence-electron chi connectivity index (χ1n) is 5.21. The summed E-state index contributed by atoms with van der Waals surface area (Å²) in [6.45, 7) is 2.00. The average Bonchev–Trinajstić information content (AvgIpc) is 2.28. The molecule has 0 bridgehead atoms. The molecule has 3 rings (SSSR count). The van der Waals surface area contributed by atoms with E-state index in [-0.39, 0.29) is 10.7 Å². The molecule has 0 saturated carbocycles. The van der Waals surface area contributed by atoms with Crippen molar-refractivity contribution >= 4 is 53.4 Å². The molecule has 0 aliphatic heterocycles. The van der Waals surface area contributed by atoms with Crippen molar-refractivity contribution in [2.45, 2.75) is 6.92 Å². The van der Waals surface area contributed by atoms with Crippen LogP contribution in [0.3, 0.4) is 0 Å². The smallest absolute Gasteiger partial charge is 0.282 e. The third-order valence-corrected chi connectivity index (χ3v) is 4.22. The van der Waals surface area contributed by atoms with Gasteiger partial charge in [-0.05, 0) is 40.5 Å². The molecule has 6 heteroatoms. The second-order valence-electron chi connectivity index (χ2n) is 4.00. The van der Waals surface area contributed by atoms with E-state index in [1.165, 1.54) is 11.3 Å². The molecule has 18 heavy (non-hydrogen) atoms. The van der Waals surface area contributed by atoms with Crippen LogP contribution in [0.15, 0.2) is 27.6 Å². The maximum Gasteiger partial charge on any atom is 0.282 e. The van der Waals surface area contributed by atoms with E-state index in [4.69, 9.17) is 5.73 Å². The maximum absolute atomic E-state index is 11.8. The van der Waals surface area contributed by atoms with Crippen LogP contribution in [0.5, 0.6) is 0 Å². The van der Waals surface area contributed by atoms with E-state index >= 15 is 0 Å². The summed E-state index contributed by atoms with van der Waals surface area (Å²) >= 11 is 4.80. The molecule has 0 atom stereocenters. The number of anilines is 1. The van der Waals surface area contributed by atoms with Gasteiger partial charge in [0.25, 0.3) is 5.56 Å². The van der Waals surface area contributed by atoms with Crippen molar-refractivity contribution in [2.24, 2.45) is 0 Å². The molecule has 2 aromatic heterocycles. The molecule has 0 unspecified atom stereocenters. The van der Waals surface area contributed by atoms with Crippen LogP contribution in [0, 0.1) is 6.92 Å². The molecule has 2 N–H and O–H groups in total. The monoisotopic (exact) mass is 321 g/mol. The molecule has 90 valence electrons. The number of nitrogens with two attached hydrogens (primary N) is 1. The standard InChI is InChI=1S/C12H8BrN3OS/c1-5-2-6-9(8(13)3-5)15-4-7-10(6)18-12(14)16-11(7)17/h2-4H,1H3,(H2,14,16,17). The lowest BCUT2D eigenvalue weighted by atomic mass is 10.1. The van der Waals surface area contributed by atoms with Crippen molar-refractivity contribution < 1.29 is 0 Å². The molecule has 4 nitrogen and oxygen atoms in total. The van der Waals surface area contributed by atoms with Gasteiger partial charge in [0.15, 0.2) is 5.13 Å². The number of halogens is 1. The molecule has 1 aromatic carbocycles. The molecule has 0 aliphatic rings. The summed E-state index contributed by atoms with van der Waals surface area (Å²) in [5.74, 6) is 0. The molecule has 0 spiro atoms. The van der Waals surface area contributed by atoms with Gasteiger partial charge < -0.3 is 5.73 Å². The fourth-order valence-corrected chi connectivity index (χ4v) is 3.45. The predicted molar refractivity (Wildman–Crippen MR) is 78.0 cm³/mol. The summed E-state index contributed by atoms with van der Waals surface area (Å²) in [5.41, 5.74) is 7.27. The Bertz CT molecular complexity index is 844. The molecular formula is C12H8BrN3OS. The van der Waals surface area contributed by atoms with E-state index in [1.54, 1.807) is 6.20 Å². The lowest BCUT2D eigenvalue weighted by molar-refractivity contribution is 1.31. The summed E-state index contributed by atoms with van der Waals surface area (Å²) in [5, 5.41) is 1.72. The third kappa shape index (κ3) is 1.69. The second kappa shape index (κ2) is 4.00. The molecular weight excluding hydrogens is 314 g/mol. The number of rotatable bonds is 0. The van der Waals surface area contributed by atoms with Crippen molar-refractivity contribution in [3.63, 3.8) is 0 Å². The van der Waals surface area contributed by atoms with E-state index in [0.717, 1.165) is 25.6 Å².